The van der Waals surface area contributed by atoms with Crippen molar-refractivity contribution >= 4 is 5.91 Å². The Morgan fingerprint density at radius 1 is 1.30 bits per heavy atom. The number of hydrogen-bond donors (Lipinski definition) is 0. The lowest BCUT2D eigenvalue weighted by Gasteiger charge is -2.45. The fraction of sp³-hybridized carbons (Fsp3) is 0.500. The van der Waals surface area contributed by atoms with Crippen LogP contribution in [0.1, 0.15) is 18.4 Å². The Balaban J connectivity index is 1.50. The van der Waals surface area contributed by atoms with Crippen LogP contribution in [0.4, 0.5) is 0 Å². The largest absolute Gasteiger partial charge is 0.496 e. The molecule has 0 spiro atoms. The molecule has 2 fully saturated rings. The van der Waals surface area contributed by atoms with Gasteiger partial charge in [-0.1, -0.05) is 13.0 Å². The van der Waals surface area contributed by atoms with Crippen molar-refractivity contribution < 1.29 is 9.53 Å². The third kappa shape index (κ3) is 3.85. The Bertz CT molecular complexity index is 965. The SMILES string of the molecule is COc1ccc(C(C)CN2CCN3CCN(C#N)C[C@@H]3C2=O)cc1-c1cnn(C)c1. The molecule has 158 valence electrons. The number of methoxy groups -OCH3 is 1. The van der Waals surface area contributed by atoms with Gasteiger partial charge in [0, 0.05) is 57.1 Å². The Labute approximate surface area is 177 Å². The first-order valence-electron chi connectivity index (χ1n) is 10.3. The Morgan fingerprint density at radius 2 is 2.10 bits per heavy atom. The lowest BCUT2D eigenvalue weighted by molar-refractivity contribution is -0.144. The van der Waals surface area contributed by atoms with Crippen molar-refractivity contribution in [2.45, 2.75) is 18.9 Å². The molecule has 8 heteroatoms. The lowest BCUT2D eigenvalue weighted by atomic mass is 9.95. The van der Waals surface area contributed by atoms with Crippen LogP contribution in [0.3, 0.4) is 0 Å². The summed E-state index contributed by atoms with van der Waals surface area (Å²) in [4.78, 5) is 19.0. The van der Waals surface area contributed by atoms with Crippen molar-refractivity contribution in [3.05, 3.63) is 36.2 Å². The second-order valence-electron chi connectivity index (χ2n) is 8.15. The third-order valence-electron chi connectivity index (χ3n) is 6.19. The number of carbonyl (C=O) groups is 1. The Hall–Kier alpha value is -3.05. The second kappa shape index (κ2) is 8.36. The minimum absolute atomic E-state index is 0.133. The minimum Gasteiger partial charge on any atom is -0.496 e. The minimum atomic E-state index is -0.207. The van der Waals surface area contributed by atoms with Crippen molar-refractivity contribution in [2.24, 2.45) is 7.05 Å². The van der Waals surface area contributed by atoms with Gasteiger partial charge in [-0.05, 0) is 23.6 Å². The number of benzene rings is 1. The number of nitrogens with zero attached hydrogens (tertiary/aromatic N) is 6. The zero-order valence-electron chi connectivity index (χ0n) is 17.8. The molecule has 1 aromatic heterocycles. The summed E-state index contributed by atoms with van der Waals surface area (Å²) in [6.45, 7) is 6.39. The molecule has 2 atom stereocenters. The number of carbonyl (C=O) groups excluding carboxylic acids is 1. The van der Waals surface area contributed by atoms with Crippen LogP contribution in [0.5, 0.6) is 5.75 Å². The lowest BCUT2D eigenvalue weighted by Crippen LogP contribution is -2.64. The van der Waals surface area contributed by atoms with Gasteiger partial charge in [0.2, 0.25) is 5.91 Å². The summed E-state index contributed by atoms with van der Waals surface area (Å²) in [5.74, 6) is 1.12. The van der Waals surface area contributed by atoms with Crippen molar-refractivity contribution in [3.8, 4) is 23.1 Å². The van der Waals surface area contributed by atoms with E-state index < -0.39 is 0 Å². The van der Waals surface area contributed by atoms with E-state index in [0.29, 0.717) is 19.6 Å². The average molecular weight is 409 g/mol. The third-order valence-corrected chi connectivity index (χ3v) is 6.19. The summed E-state index contributed by atoms with van der Waals surface area (Å²) in [5.41, 5.74) is 3.17. The topological polar surface area (TPSA) is 77.6 Å². The first-order chi connectivity index (χ1) is 14.5. The van der Waals surface area contributed by atoms with E-state index in [-0.39, 0.29) is 17.9 Å². The molecular weight excluding hydrogens is 380 g/mol. The molecule has 1 amide bonds. The van der Waals surface area contributed by atoms with Gasteiger partial charge >= 0.3 is 0 Å². The Morgan fingerprint density at radius 3 is 2.80 bits per heavy atom. The zero-order chi connectivity index (χ0) is 21.3. The molecular formula is C22H28N6O2. The predicted octanol–water partition coefficient (Wildman–Crippen LogP) is 1.51. The number of aromatic nitrogens is 2. The number of fused-ring (bicyclic) bond motifs is 1. The highest BCUT2D eigenvalue weighted by Crippen LogP contribution is 2.33. The van der Waals surface area contributed by atoms with Gasteiger partial charge in [0.1, 0.15) is 11.8 Å². The molecule has 4 rings (SSSR count). The van der Waals surface area contributed by atoms with Crippen LogP contribution in [0, 0.1) is 11.5 Å². The number of aryl methyl sites for hydroxylation is 1. The number of ether oxygens (including phenoxy) is 1. The fourth-order valence-electron chi connectivity index (χ4n) is 4.42. The summed E-state index contributed by atoms with van der Waals surface area (Å²) < 4.78 is 7.33. The molecule has 2 saturated heterocycles. The number of nitriles is 1. The van der Waals surface area contributed by atoms with Crippen molar-refractivity contribution in [1.29, 1.82) is 5.26 Å². The maximum atomic E-state index is 13.1. The predicted molar refractivity (Wildman–Crippen MR) is 113 cm³/mol. The summed E-state index contributed by atoms with van der Waals surface area (Å²) in [6, 6.07) is 5.99. The molecule has 0 bridgehead atoms. The molecule has 0 aliphatic carbocycles. The van der Waals surface area contributed by atoms with Crippen LogP contribution in [-0.4, -0.2) is 82.8 Å². The second-order valence-corrected chi connectivity index (χ2v) is 8.15. The summed E-state index contributed by atoms with van der Waals surface area (Å²) in [7, 11) is 3.57. The maximum absolute atomic E-state index is 13.1. The van der Waals surface area contributed by atoms with Gasteiger partial charge in [0.15, 0.2) is 6.19 Å². The van der Waals surface area contributed by atoms with Crippen LogP contribution in [0.25, 0.3) is 11.1 Å². The van der Waals surface area contributed by atoms with Crippen LogP contribution in [-0.2, 0) is 11.8 Å². The molecule has 8 nitrogen and oxygen atoms in total. The molecule has 2 aliphatic rings. The van der Waals surface area contributed by atoms with Gasteiger partial charge < -0.3 is 14.5 Å². The molecule has 0 N–H and O–H groups in total. The van der Waals surface area contributed by atoms with E-state index in [1.807, 2.05) is 30.4 Å². The molecule has 0 saturated carbocycles. The van der Waals surface area contributed by atoms with Gasteiger partial charge in [-0.3, -0.25) is 14.4 Å². The van der Waals surface area contributed by atoms with E-state index in [4.69, 9.17) is 4.74 Å². The number of amides is 1. The number of rotatable bonds is 5. The average Bonchev–Trinajstić information content (AvgIpc) is 3.21. The molecule has 0 radical (unpaired) electrons. The van der Waals surface area contributed by atoms with E-state index in [0.717, 1.165) is 42.1 Å². The number of piperazine rings is 2. The highest BCUT2D eigenvalue weighted by atomic mass is 16.5. The van der Waals surface area contributed by atoms with Crippen molar-refractivity contribution in [1.82, 2.24) is 24.5 Å². The fourth-order valence-corrected chi connectivity index (χ4v) is 4.42. The van der Waals surface area contributed by atoms with Gasteiger partial charge in [0.05, 0.1) is 19.9 Å². The molecule has 1 aromatic carbocycles. The standard InChI is InChI=1S/C22H28N6O2/c1-16(12-28-9-8-27-7-6-26(15-23)14-20(27)22(28)29)17-4-5-21(30-3)19(10-17)18-11-24-25(2)13-18/h4-5,10-11,13,16,20H,6-9,12,14H2,1-3H3/t16?,20-/m1/s1. The normalized spacial score (nSPS) is 20.6. The summed E-state index contributed by atoms with van der Waals surface area (Å²) in [6.07, 6.45) is 5.99. The van der Waals surface area contributed by atoms with Gasteiger partial charge in [-0.2, -0.15) is 10.4 Å². The van der Waals surface area contributed by atoms with E-state index in [9.17, 15) is 10.1 Å². The molecule has 30 heavy (non-hydrogen) atoms. The van der Waals surface area contributed by atoms with E-state index in [1.54, 1.807) is 16.7 Å². The van der Waals surface area contributed by atoms with Gasteiger partial charge in [0.25, 0.3) is 0 Å². The first-order valence-corrected chi connectivity index (χ1v) is 10.3. The molecule has 1 unspecified atom stereocenters. The van der Waals surface area contributed by atoms with Crippen molar-refractivity contribution in [3.63, 3.8) is 0 Å². The highest BCUT2D eigenvalue weighted by Gasteiger charge is 2.38. The van der Waals surface area contributed by atoms with Gasteiger partial charge in [-0.25, -0.2) is 0 Å². The first kappa shape index (κ1) is 20.2. The Kier molecular flexibility index (Phi) is 5.64. The molecule has 2 aliphatic heterocycles. The van der Waals surface area contributed by atoms with Crippen LogP contribution in [0.2, 0.25) is 0 Å². The van der Waals surface area contributed by atoms with Crippen LogP contribution >= 0.6 is 0 Å². The highest BCUT2D eigenvalue weighted by molar-refractivity contribution is 5.83. The quantitative estimate of drug-likeness (QED) is 0.698. The maximum Gasteiger partial charge on any atom is 0.241 e. The molecule has 2 aromatic rings. The number of hydrogen-bond acceptors (Lipinski definition) is 6. The summed E-state index contributed by atoms with van der Waals surface area (Å²) in [5, 5.41) is 13.5. The monoisotopic (exact) mass is 408 g/mol. The summed E-state index contributed by atoms with van der Waals surface area (Å²) >= 11 is 0. The van der Waals surface area contributed by atoms with Crippen LogP contribution in [0.15, 0.2) is 30.6 Å². The molecule has 3 heterocycles. The zero-order valence-corrected chi connectivity index (χ0v) is 17.8. The van der Waals surface area contributed by atoms with Crippen LogP contribution < -0.4 is 4.74 Å². The smallest absolute Gasteiger partial charge is 0.241 e. The van der Waals surface area contributed by atoms with E-state index in [2.05, 4.69) is 35.2 Å². The van der Waals surface area contributed by atoms with E-state index >= 15 is 0 Å². The van der Waals surface area contributed by atoms with Crippen molar-refractivity contribution in [2.75, 3.05) is 46.4 Å². The van der Waals surface area contributed by atoms with E-state index in [1.165, 1.54) is 0 Å². The van der Waals surface area contributed by atoms with Gasteiger partial charge in [-0.15, -0.1) is 0 Å².